The molecule has 0 aliphatic carbocycles. The molecule has 15 heteroatoms. The highest BCUT2D eigenvalue weighted by Crippen LogP contribution is 2.08. The second-order valence-corrected chi connectivity index (χ2v) is 10.4. The maximum atomic E-state index is 13.1. The largest absolute Gasteiger partial charge is 0.480 e. The molecule has 0 saturated heterocycles. The fourth-order valence-electron chi connectivity index (χ4n) is 3.23. The van der Waals surface area contributed by atoms with Gasteiger partial charge in [-0.05, 0) is 75.5 Å². The number of carboxylic acids is 1. The van der Waals surface area contributed by atoms with E-state index >= 15 is 0 Å². The van der Waals surface area contributed by atoms with E-state index < -0.39 is 47.9 Å². The predicted molar refractivity (Wildman–Crippen MR) is 150 cm³/mol. The number of aliphatic carboxylic acids is 1. The van der Waals surface area contributed by atoms with Gasteiger partial charge in [-0.25, -0.2) is 4.79 Å². The van der Waals surface area contributed by atoms with Gasteiger partial charge in [0.05, 0.1) is 6.04 Å². The van der Waals surface area contributed by atoms with E-state index in [9.17, 15) is 24.3 Å². The van der Waals surface area contributed by atoms with Crippen LogP contribution in [-0.2, 0) is 19.2 Å². The Kier molecular flexibility index (Phi) is 19.5. The van der Waals surface area contributed by atoms with Crippen LogP contribution >= 0.6 is 23.5 Å². The van der Waals surface area contributed by atoms with Crippen molar-refractivity contribution in [1.82, 2.24) is 16.0 Å². The predicted octanol–water partition coefficient (Wildman–Crippen LogP) is -1.46. The maximum Gasteiger partial charge on any atom is 0.326 e. The third-order valence-corrected chi connectivity index (χ3v) is 6.64. The van der Waals surface area contributed by atoms with Crippen LogP contribution in [0.15, 0.2) is 4.99 Å². The average Bonchev–Trinajstić information content (AvgIpc) is 2.85. The molecule has 0 fully saturated rings. The van der Waals surface area contributed by atoms with Crippen molar-refractivity contribution in [2.45, 2.75) is 69.1 Å². The molecule has 37 heavy (non-hydrogen) atoms. The van der Waals surface area contributed by atoms with E-state index in [0.29, 0.717) is 63.1 Å². The van der Waals surface area contributed by atoms with Crippen molar-refractivity contribution in [3.63, 3.8) is 0 Å². The Bertz CT molecular complexity index is 740. The quantitative estimate of drug-likeness (QED) is 0.0455. The van der Waals surface area contributed by atoms with Crippen molar-refractivity contribution < 1.29 is 24.3 Å². The second kappa shape index (κ2) is 20.8. The summed E-state index contributed by atoms with van der Waals surface area (Å²) in [6.07, 6.45) is 6.57. The minimum Gasteiger partial charge on any atom is -0.480 e. The molecular weight excluding hydrogens is 520 g/mol. The zero-order valence-electron chi connectivity index (χ0n) is 21.7. The lowest BCUT2D eigenvalue weighted by atomic mass is 10.1. The first kappa shape index (κ1) is 34.8. The second-order valence-electron chi connectivity index (χ2n) is 8.42. The van der Waals surface area contributed by atoms with Crippen LogP contribution in [0, 0.1) is 0 Å². The van der Waals surface area contributed by atoms with Crippen LogP contribution in [0.2, 0.25) is 0 Å². The summed E-state index contributed by atoms with van der Waals surface area (Å²) < 4.78 is 0. The minimum atomic E-state index is -1.15. The minimum absolute atomic E-state index is 0.0443. The molecule has 12 N–H and O–H groups in total. The molecule has 0 aromatic carbocycles. The van der Waals surface area contributed by atoms with Gasteiger partial charge in [0.25, 0.3) is 0 Å². The van der Waals surface area contributed by atoms with Crippen LogP contribution in [0.25, 0.3) is 0 Å². The Labute approximate surface area is 227 Å². The Morgan fingerprint density at radius 3 is 1.76 bits per heavy atom. The summed E-state index contributed by atoms with van der Waals surface area (Å²) >= 11 is 2.99. The highest BCUT2D eigenvalue weighted by atomic mass is 32.2. The lowest BCUT2D eigenvalue weighted by molar-refractivity contribution is -0.142. The number of nitrogens with two attached hydrogens (primary N) is 4. The number of carbonyl (C=O) groups is 4. The number of carboxylic acid groups (broad SMARTS) is 1. The number of amides is 3. The van der Waals surface area contributed by atoms with Gasteiger partial charge in [-0.2, -0.15) is 23.5 Å². The first-order chi connectivity index (χ1) is 17.6. The van der Waals surface area contributed by atoms with Gasteiger partial charge < -0.3 is 44.0 Å². The maximum absolute atomic E-state index is 13.1. The Morgan fingerprint density at radius 1 is 0.784 bits per heavy atom. The molecule has 0 aliphatic heterocycles. The molecule has 3 amide bonds. The number of rotatable bonds is 21. The smallest absolute Gasteiger partial charge is 0.326 e. The van der Waals surface area contributed by atoms with Crippen LogP contribution in [0.3, 0.4) is 0 Å². The van der Waals surface area contributed by atoms with Gasteiger partial charge in [-0.15, -0.1) is 0 Å². The summed E-state index contributed by atoms with van der Waals surface area (Å²) in [7, 11) is 0. The van der Waals surface area contributed by atoms with Crippen LogP contribution in [-0.4, -0.2) is 96.0 Å². The molecule has 0 rings (SSSR count). The van der Waals surface area contributed by atoms with E-state index in [0.717, 1.165) is 0 Å². The normalized spacial score (nSPS) is 14.1. The summed E-state index contributed by atoms with van der Waals surface area (Å²) in [4.78, 5) is 54.1. The lowest BCUT2D eigenvalue weighted by Gasteiger charge is -2.25. The number of hydrogen-bond acceptors (Lipinski definition) is 9. The molecule has 4 atom stereocenters. The Balaban J connectivity index is 5.30. The lowest BCUT2D eigenvalue weighted by Crippen LogP contribution is -2.57. The molecule has 214 valence electrons. The molecule has 0 spiro atoms. The first-order valence-electron chi connectivity index (χ1n) is 12.2. The van der Waals surface area contributed by atoms with Crippen molar-refractivity contribution in [3.05, 3.63) is 0 Å². The van der Waals surface area contributed by atoms with Crippen LogP contribution in [0.1, 0.15) is 44.9 Å². The van der Waals surface area contributed by atoms with Gasteiger partial charge in [0.15, 0.2) is 5.96 Å². The molecule has 0 aromatic rings. The topological polar surface area (TPSA) is 241 Å². The molecule has 0 aliphatic rings. The van der Waals surface area contributed by atoms with Gasteiger partial charge in [0.2, 0.25) is 17.7 Å². The van der Waals surface area contributed by atoms with E-state index in [1.807, 2.05) is 12.5 Å². The number of carbonyl (C=O) groups excluding carboxylic acids is 3. The Hall–Kier alpha value is -2.23. The monoisotopic (exact) mass is 564 g/mol. The average molecular weight is 565 g/mol. The summed E-state index contributed by atoms with van der Waals surface area (Å²) in [6.45, 7) is 0.755. The highest BCUT2D eigenvalue weighted by Gasteiger charge is 2.29. The third kappa shape index (κ3) is 16.3. The number of aliphatic imine (C=N–C) groups is 1. The van der Waals surface area contributed by atoms with E-state index in [2.05, 4.69) is 20.9 Å². The van der Waals surface area contributed by atoms with Gasteiger partial charge in [0.1, 0.15) is 18.1 Å². The van der Waals surface area contributed by atoms with Crippen molar-refractivity contribution in [2.24, 2.45) is 27.9 Å². The third-order valence-electron chi connectivity index (χ3n) is 5.35. The van der Waals surface area contributed by atoms with Gasteiger partial charge in [-0.1, -0.05) is 0 Å². The standard InChI is InChI=1S/C22H44N8O5S2/c1-36-12-8-15(28-18(31)14(24)6-5-11-27-22(25)26)19(32)29-16(9-13-37-2)20(33)30-17(21(34)35)7-3-4-10-23/h14-17H,3-13,23-24H2,1-2H3,(H,28,31)(H,29,32)(H,30,33)(H,34,35)(H4,25,26,27). The van der Waals surface area contributed by atoms with E-state index in [-0.39, 0.29) is 12.4 Å². The van der Waals surface area contributed by atoms with E-state index in [1.54, 1.807) is 0 Å². The van der Waals surface area contributed by atoms with Gasteiger partial charge in [-0.3, -0.25) is 19.4 Å². The number of nitrogens with one attached hydrogen (secondary N) is 3. The van der Waals surface area contributed by atoms with Gasteiger partial charge >= 0.3 is 5.97 Å². The number of guanidine groups is 1. The van der Waals surface area contributed by atoms with Gasteiger partial charge in [0, 0.05) is 6.54 Å². The van der Waals surface area contributed by atoms with Crippen molar-refractivity contribution in [2.75, 3.05) is 37.1 Å². The molecule has 4 unspecified atom stereocenters. The highest BCUT2D eigenvalue weighted by molar-refractivity contribution is 7.98. The zero-order valence-corrected chi connectivity index (χ0v) is 23.4. The summed E-state index contributed by atoms with van der Waals surface area (Å²) in [5.74, 6) is -1.67. The zero-order chi connectivity index (χ0) is 28.2. The number of hydrogen-bond donors (Lipinski definition) is 8. The molecule has 0 bridgehead atoms. The van der Waals surface area contributed by atoms with Crippen molar-refractivity contribution in [3.8, 4) is 0 Å². The molecule has 13 nitrogen and oxygen atoms in total. The molecule has 0 radical (unpaired) electrons. The summed E-state index contributed by atoms with van der Waals surface area (Å²) in [5.41, 5.74) is 22.0. The first-order valence-corrected chi connectivity index (χ1v) is 15.0. The summed E-state index contributed by atoms with van der Waals surface area (Å²) in [6, 6.07) is -3.82. The van der Waals surface area contributed by atoms with Crippen LogP contribution in [0.4, 0.5) is 0 Å². The summed E-state index contributed by atoms with van der Waals surface area (Å²) in [5, 5.41) is 17.4. The molecular formula is C22H44N8O5S2. The number of nitrogens with zero attached hydrogens (tertiary/aromatic N) is 1. The number of unbranched alkanes of at least 4 members (excludes halogenated alkanes) is 1. The van der Waals surface area contributed by atoms with E-state index in [1.165, 1.54) is 23.5 Å². The Morgan fingerprint density at radius 2 is 1.30 bits per heavy atom. The van der Waals surface area contributed by atoms with Crippen LogP contribution < -0.4 is 38.9 Å². The van der Waals surface area contributed by atoms with Crippen molar-refractivity contribution in [1.29, 1.82) is 0 Å². The fraction of sp³-hybridized carbons (Fsp3) is 0.773. The van der Waals surface area contributed by atoms with Crippen molar-refractivity contribution >= 4 is 53.2 Å². The van der Waals surface area contributed by atoms with Crippen LogP contribution in [0.5, 0.6) is 0 Å². The number of thioether (sulfide) groups is 2. The van der Waals surface area contributed by atoms with E-state index in [4.69, 9.17) is 22.9 Å². The molecule has 0 heterocycles. The molecule has 0 saturated carbocycles. The fourth-order valence-corrected chi connectivity index (χ4v) is 4.18. The SMILES string of the molecule is CSCCC(NC(=O)C(N)CCCN=C(N)N)C(=O)NC(CCSC)C(=O)NC(CCCCN)C(=O)O. The molecule has 0 aromatic heterocycles.